The van der Waals surface area contributed by atoms with Crippen molar-refractivity contribution in [1.29, 1.82) is 0 Å². The summed E-state index contributed by atoms with van der Waals surface area (Å²) < 4.78 is 38.7. The maximum absolute atomic E-state index is 12.9. The summed E-state index contributed by atoms with van der Waals surface area (Å²) in [5.74, 6) is -0.432. The van der Waals surface area contributed by atoms with Gasteiger partial charge in [-0.2, -0.15) is 13.2 Å². The summed E-state index contributed by atoms with van der Waals surface area (Å²) in [6, 6.07) is 15.9. The molecule has 4 nitrogen and oxygen atoms in total. The quantitative estimate of drug-likeness (QED) is 0.642. The smallest absolute Gasteiger partial charge is 0.368 e. The fourth-order valence-electron chi connectivity index (χ4n) is 2.75. The van der Waals surface area contributed by atoms with E-state index in [1.807, 2.05) is 42.5 Å². The van der Waals surface area contributed by atoms with Crippen LogP contribution < -0.4 is 10.6 Å². The Kier molecular flexibility index (Phi) is 5.59. The SMILES string of the molecule is O=C(Cc1ccc2ccccc2c1)NCCNc1ncccc1C(F)(F)F. The minimum atomic E-state index is -4.48. The summed E-state index contributed by atoms with van der Waals surface area (Å²) >= 11 is 0. The van der Waals surface area contributed by atoms with Gasteiger partial charge < -0.3 is 10.6 Å². The van der Waals surface area contributed by atoms with Gasteiger partial charge in [0.05, 0.1) is 12.0 Å². The number of amides is 1. The van der Waals surface area contributed by atoms with Crippen LogP contribution in [-0.4, -0.2) is 24.0 Å². The molecule has 0 unspecified atom stereocenters. The van der Waals surface area contributed by atoms with Gasteiger partial charge in [0.1, 0.15) is 5.82 Å². The maximum atomic E-state index is 12.9. The maximum Gasteiger partial charge on any atom is 0.419 e. The number of halogens is 3. The fourth-order valence-corrected chi connectivity index (χ4v) is 2.75. The number of pyridine rings is 1. The lowest BCUT2D eigenvalue weighted by Crippen LogP contribution is -2.30. The molecule has 3 aromatic rings. The molecule has 1 aromatic heterocycles. The average Bonchev–Trinajstić information content (AvgIpc) is 2.65. The monoisotopic (exact) mass is 373 g/mol. The zero-order chi connectivity index (χ0) is 19.3. The summed E-state index contributed by atoms with van der Waals surface area (Å²) in [6.07, 6.45) is -2.98. The third-order valence-electron chi connectivity index (χ3n) is 4.03. The van der Waals surface area contributed by atoms with Crippen LogP contribution in [0.5, 0.6) is 0 Å². The standard InChI is InChI=1S/C20H18F3N3O/c21-20(22,23)17-6-3-9-25-19(17)26-11-10-24-18(27)13-14-7-8-15-4-1-2-5-16(15)12-14/h1-9,12H,10-11,13H2,(H,24,27)(H,25,26). The van der Waals surface area contributed by atoms with E-state index in [1.165, 1.54) is 12.3 Å². The summed E-state index contributed by atoms with van der Waals surface area (Å²) in [7, 11) is 0. The van der Waals surface area contributed by atoms with Crippen molar-refractivity contribution >= 4 is 22.5 Å². The fraction of sp³-hybridized carbons (Fsp3) is 0.200. The summed E-state index contributed by atoms with van der Waals surface area (Å²) in [4.78, 5) is 15.8. The second-order valence-corrected chi connectivity index (χ2v) is 6.03. The minimum Gasteiger partial charge on any atom is -0.368 e. The van der Waals surface area contributed by atoms with E-state index in [4.69, 9.17) is 0 Å². The number of hydrogen-bond acceptors (Lipinski definition) is 3. The number of rotatable bonds is 6. The Labute approximate surface area is 154 Å². The van der Waals surface area contributed by atoms with E-state index >= 15 is 0 Å². The molecule has 2 N–H and O–H groups in total. The molecular weight excluding hydrogens is 355 g/mol. The summed E-state index contributed by atoms with van der Waals surface area (Å²) in [5.41, 5.74) is 0.0516. The van der Waals surface area contributed by atoms with Gasteiger partial charge in [0.15, 0.2) is 0 Å². The van der Waals surface area contributed by atoms with Crippen molar-refractivity contribution in [3.63, 3.8) is 0 Å². The summed E-state index contributed by atoms with van der Waals surface area (Å²) in [6.45, 7) is 0.337. The van der Waals surface area contributed by atoms with E-state index in [-0.39, 0.29) is 31.2 Å². The number of benzene rings is 2. The topological polar surface area (TPSA) is 54.0 Å². The number of fused-ring (bicyclic) bond motifs is 1. The molecule has 7 heteroatoms. The predicted molar refractivity (Wildman–Crippen MR) is 98.4 cm³/mol. The van der Waals surface area contributed by atoms with Crippen LogP contribution in [0.2, 0.25) is 0 Å². The molecular formula is C20H18F3N3O. The molecule has 0 bridgehead atoms. The highest BCUT2D eigenvalue weighted by Gasteiger charge is 2.33. The molecule has 0 radical (unpaired) electrons. The number of carbonyl (C=O) groups excluding carboxylic acids is 1. The number of anilines is 1. The number of alkyl halides is 3. The minimum absolute atomic E-state index is 0.142. The first-order valence-corrected chi connectivity index (χ1v) is 8.44. The molecule has 0 atom stereocenters. The van der Waals surface area contributed by atoms with Gasteiger partial charge in [0.2, 0.25) is 5.91 Å². The van der Waals surface area contributed by atoms with Gasteiger partial charge in [-0.05, 0) is 28.5 Å². The van der Waals surface area contributed by atoms with E-state index in [9.17, 15) is 18.0 Å². The molecule has 1 amide bonds. The van der Waals surface area contributed by atoms with Gasteiger partial charge in [0, 0.05) is 19.3 Å². The molecule has 0 aliphatic heterocycles. The van der Waals surface area contributed by atoms with E-state index < -0.39 is 11.7 Å². The molecule has 3 rings (SSSR count). The third-order valence-corrected chi connectivity index (χ3v) is 4.03. The Morgan fingerprint density at radius 3 is 2.52 bits per heavy atom. The van der Waals surface area contributed by atoms with Crippen LogP contribution in [0.3, 0.4) is 0 Å². The van der Waals surface area contributed by atoms with Crippen molar-refractivity contribution < 1.29 is 18.0 Å². The van der Waals surface area contributed by atoms with Gasteiger partial charge in [-0.3, -0.25) is 4.79 Å². The number of hydrogen-bond donors (Lipinski definition) is 2. The van der Waals surface area contributed by atoms with Gasteiger partial charge in [-0.1, -0.05) is 42.5 Å². The Bertz CT molecular complexity index is 941. The molecule has 0 spiro atoms. The largest absolute Gasteiger partial charge is 0.419 e. The summed E-state index contributed by atoms with van der Waals surface area (Å²) in [5, 5.41) is 7.47. The van der Waals surface area contributed by atoms with E-state index in [0.29, 0.717) is 0 Å². The van der Waals surface area contributed by atoms with Crippen LogP contribution in [-0.2, 0) is 17.4 Å². The lowest BCUT2D eigenvalue weighted by molar-refractivity contribution is -0.137. The highest BCUT2D eigenvalue weighted by Crippen LogP contribution is 2.33. The molecule has 140 valence electrons. The second-order valence-electron chi connectivity index (χ2n) is 6.03. The van der Waals surface area contributed by atoms with Gasteiger partial charge in [0.25, 0.3) is 0 Å². The number of nitrogens with one attached hydrogen (secondary N) is 2. The number of aromatic nitrogens is 1. The van der Waals surface area contributed by atoms with Crippen LogP contribution in [0.25, 0.3) is 10.8 Å². The average molecular weight is 373 g/mol. The first-order valence-electron chi connectivity index (χ1n) is 8.44. The van der Waals surface area contributed by atoms with Crippen LogP contribution in [0.4, 0.5) is 19.0 Å². The Balaban J connectivity index is 1.50. The Morgan fingerprint density at radius 2 is 1.74 bits per heavy atom. The highest BCUT2D eigenvalue weighted by molar-refractivity contribution is 5.85. The zero-order valence-electron chi connectivity index (χ0n) is 14.4. The van der Waals surface area contributed by atoms with Crippen molar-refractivity contribution in [2.75, 3.05) is 18.4 Å². The molecule has 1 heterocycles. The molecule has 0 saturated carbocycles. The first-order chi connectivity index (χ1) is 12.9. The third kappa shape index (κ3) is 4.97. The van der Waals surface area contributed by atoms with E-state index in [0.717, 1.165) is 22.4 Å². The Morgan fingerprint density at radius 1 is 0.963 bits per heavy atom. The molecule has 27 heavy (non-hydrogen) atoms. The van der Waals surface area contributed by atoms with Gasteiger partial charge >= 0.3 is 6.18 Å². The van der Waals surface area contributed by atoms with Crippen molar-refractivity contribution in [3.8, 4) is 0 Å². The van der Waals surface area contributed by atoms with Crippen molar-refractivity contribution in [1.82, 2.24) is 10.3 Å². The van der Waals surface area contributed by atoms with Crippen LogP contribution in [0.15, 0.2) is 60.8 Å². The zero-order valence-corrected chi connectivity index (χ0v) is 14.4. The number of carbonyl (C=O) groups is 1. The van der Waals surface area contributed by atoms with E-state index in [1.54, 1.807) is 0 Å². The Hall–Kier alpha value is -3.09. The normalized spacial score (nSPS) is 11.4. The van der Waals surface area contributed by atoms with Crippen molar-refractivity contribution in [3.05, 3.63) is 71.9 Å². The predicted octanol–water partition coefficient (Wildman–Crippen LogP) is 4.02. The first kappa shape index (κ1) is 18.7. The number of nitrogens with zero attached hydrogens (tertiary/aromatic N) is 1. The molecule has 2 aromatic carbocycles. The van der Waals surface area contributed by atoms with Crippen LogP contribution in [0.1, 0.15) is 11.1 Å². The molecule has 0 aliphatic carbocycles. The lowest BCUT2D eigenvalue weighted by atomic mass is 10.1. The molecule has 0 saturated heterocycles. The lowest BCUT2D eigenvalue weighted by Gasteiger charge is -2.13. The molecule has 0 aliphatic rings. The van der Waals surface area contributed by atoms with Crippen molar-refractivity contribution in [2.24, 2.45) is 0 Å². The van der Waals surface area contributed by atoms with Gasteiger partial charge in [-0.15, -0.1) is 0 Å². The van der Waals surface area contributed by atoms with Crippen LogP contribution in [0, 0.1) is 0 Å². The van der Waals surface area contributed by atoms with Crippen molar-refractivity contribution in [2.45, 2.75) is 12.6 Å². The highest BCUT2D eigenvalue weighted by atomic mass is 19.4. The second kappa shape index (κ2) is 8.07. The van der Waals surface area contributed by atoms with E-state index in [2.05, 4.69) is 15.6 Å². The van der Waals surface area contributed by atoms with Gasteiger partial charge in [-0.25, -0.2) is 4.98 Å². The van der Waals surface area contributed by atoms with Crippen LogP contribution >= 0.6 is 0 Å². The molecule has 0 fully saturated rings.